The van der Waals surface area contributed by atoms with Crippen molar-refractivity contribution in [2.45, 2.75) is 13.8 Å². The van der Waals surface area contributed by atoms with Gasteiger partial charge < -0.3 is 14.6 Å². The van der Waals surface area contributed by atoms with Gasteiger partial charge in [-0.1, -0.05) is 15.9 Å². The summed E-state index contributed by atoms with van der Waals surface area (Å²) in [5.41, 5.74) is 2.14. The van der Waals surface area contributed by atoms with E-state index in [-0.39, 0.29) is 24.7 Å². The molecular weight excluding hydrogens is 468 g/mol. The minimum absolute atomic E-state index is 0.121. The van der Waals surface area contributed by atoms with Crippen LogP contribution < -0.4 is 9.75 Å². The molecule has 1 aliphatic heterocycles. The molecule has 0 atom stereocenters. The summed E-state index contributed by atoms with van der Waals surface area (Å²) in [6, 6.07) is 11.0. The highest BCUT2D eigenvalue weighted by Gasteiger charge is 2.29. The van der Waals surface area contributed by atoms with Crippen LogP contribution in [0.2, 0.25) is 0 Å². The molecule has 31 heavy (non-hydrogen) atoms. The summed E-state index contributed by atoms with van der Waals surface area (Å²) in [4.78, 5) is 35.5. The Bertz CT molecular complexity index is 1090. The van der Waals surface area contributed by atoms with E-state index in [9.17, 15) is 14.4 Å². The highest BCUT2D eigenvalue weighted by atomic mass is 79.9. The van der Waals surface area contributed by atoms with Crippen molar-refractivity contribution < 1.29 is 29.0 Å². The average molecular weight is 487 g/mol. The third kappa shape index (κ3) is 5.18. The minimum atomic E-state index is -1.05. The lowest BCUT2D eigenvalue weighted by Gasteiger charge is -2.12. The molecule has 9 heteroatoms. The maximum atomic E-state index is 12.9. The first-order chi connectivity index (χ1) is 14.8. The molecule has 0 saturated carbocycles. The molecule has 2 aromatic rings. The number of carbonyl (C=O) groups is 3. The van der Waals surface area contributed by atoms with E-state index in [0.29, 0.717) is 28.3 Å². The molecule has 0 aromatic heterocycles. The third-order valence-corrected chi connectivity index (χ3v) is 5.07. The molecule has 1 aliphatic rings. The molecule has 2 aromatic carbocycles. The first-order valence-electron chi connectivity index (χ1n) is 9.33. The number of carboxylic acids is 1. The Balaban J connectivity index is 1.82. The Morgan fingerprint density at radius 2 is 1.90 bits per heavy atom. The van der Waals surface area contributed by atoms with Crippen LogP contribution in [0.4, 0.5) is 5.69 Å². The molecule has 0 saturated heterocycles. The normalized spacial score (nSPS) is 14.5. The number of amides is 1. The molecule has 160 valence electrons. The average Bonchev–Trinajstić information content (AvgIpc) is 3.02. The largest absolute Gasteiger partial charge is 0.482 e. The van der Waals surface area contributed by atoms with E-state index in [0.717, 1.165) is 4.47 Å². The molecule has 0 fully saturated rings. The second-order valence-electron chi connectivity index (χ2n) is 6.49. The van der Waals surface area contributed by atoms with E-state index in [1.165, 1.54) is 29.3 Å². The van der Waals surface area contributed by atoms with Crippen LogP contribution in [0.15, 0.2) is 57.6 Å². The lowest BCUT2D eigenvalue weighted by atomic mass is 10.1. The first kappa shape index (κ1) is 22.2. The number of halogens is 1. The predicted molar refractivity (Wildman–Crippen MR) is 118 cm³/mol. The van der Waals surface area contributed by atoms with Gasteiger partial charge in [-0.3, -0.25) is 4.79 Å². The van der Waals surface area contributed by atoms with Crippen LogP contribution >= 0.6 is 15.9 Å². The van der Waals surface area contributed by atoms with Crippen molar-refractivity contribution in [3.8, 4) is 5.75 Å². The van der Waals surface area contributed by atoms with Gasteiger partial charge in [0.25, 0.3) is 5.91 Å². The SMILES string of the molecule is CCOC(=O)COc1ccc(Br)c(/C=C2/C(=O)N(c3ccc(C(=O)O)cc3)N=C2C)c1. The summed E-state index contributed by atoms with van der Waals surface area (Å²) in [6.07, 6.45) is 1.67. The molecule has 0 spiro atoms. The number of esters is 1. The van der Waals surface area contributed by atoms with Gasteiger partial charge in [0.15, 0.2) is 6.61 Å². The van der Waals surface area contributed by atoms with E-state index in [1.54, 1.807) is 38.1 Å². The van der Waals surface area contributed by atoms with E-state index in [2.05, 4.69) is 21.0 Å². The van der Waals surface area contributed by atoms with E-state index in [1.807, 2.05) is 0 Å². The predicted octanol–water partition coefficient (Wildman–Crippen LogP) is 3.90. The molecule has 0 radical (unpaired) electrons. The van der Waals surface area contributed by atoms with Crippen molar-refractivity contribution in [2.75, 3.05) is 18.2 Å². The molecule has 3 rings (SSSR count). The van der Waals surface area contributed by atoms with Crippen LogP contribution in [0.3, 0.4) is 0 Å². The standard InChI is InChI=1S/C22H19BrN2O6/c1-3-30-20(26)12-31-17-8-9-19(23)15(10-17)11-18-13(2)24-25(21(18)27)16-6-4-14(5-7-16)22(28)29/h4-11H,3,12H2,1-2H3,(H,28,29)/b18-11+. The number of hydrazone groups is 1. The van der Waals surface area contributed by atoms with Crippen LogP contribution in [0.25, 0.3) is 6.08 Å². The zero-order chi connectivity index (χ0) is 22.5. The van der Waals surface area contributed by atoms with Crippen LogP contribution in [0.5, 0.6) is 5.75 Å². The number of nitrogens with zero attached hydrogens (tertiary/aromatic N) is 2. The van der Waals surface area contributed by atoms with Crippen LogP contribution in [-0.4, -0.2) is 41.9 Å². The zero-order valence-corrected chi connectivity index (χ0v) is 18.4. The molecule has 1 amide bonds. The molecule has 0 bridgehead atoms. The molecule has 1 N–H and O–H groups in total. The van der Waals surface area contributed by atoms with Gasteiger partial charge in [0.05, 0.1) is 29.1 Å². The monoisotopic (exact) mass is 486 g/mol. The molecule has 0 aliphatic carbocycles. The lowest BCUT2D eigenvalue weighted by molar-refractivity contribution is -0.145. The van der Waals surface area contributed by atoms with Crippen molar-refractivity contribution >= 4 is 51.3 Å². The topological polar surface area (TPSA) is 106 Å². The van der Waals surface area contributed by atoms with E-state index in [4.69, 9.17) is 14.6 Å². The third-order valence-electron chi connectivity index (χ3n) is 4.35. The molecule has 0 unspecified atom stereocenters. The summed E-state index contributed by atoms with van der Waals surface area (Å²) in [7, 11) is 0. The summed E-state index contributed by atoms with van der Waals surface area (Å²) in [5.74, 6) is -1.41. The Kier molecular flexibility index (Phi) is 6.86. The number of carbonyl (C=O) groups excluding carboxylic acids is 2. The van der Waals surface area contributed by atoms with Gasteiger partial charge in [0.1, 0.15) is 5.75 Å². The first-order valence-corrected chi connectivity index (χ1v) is 10.1. The van der Waals surface area contributed by atoms with Gasteiger partial charge in [-0.25, -0.2) is 9.59 Å². The number of rotatable bonds is 7. The highest BCUT2D eigenvalue weighted by molar-refractivity contribution is 9.10. The number of hydrogen-bond donors (Lipinski definition) is 1. The fourth-order valence-electron chi connectivity index (χ4n) is 2.83. The summed E-state index contributed by atoms with van der Waals surface area (Å²) in [5, 5.41) is 14.6. The molecule has 8 nitrogen and oxygen atoms in total. The quantitative estimate of drug-likeness (QED) is 0.469. The van der Waals surface area contributed by atoms with Gasteiger partial charge >= 0.3 is 11.9 Å². The summed E-state index contributed by atoms with van der Waals surface area (Å²) >= 11 is 3.45. The zero-order valence-electron chi connectivity index (χ0n) is 16.8. The van der Waals surface area contributed by atoms with Crippen molar-refractivity contribution in [2.24, 2.45) is 5.10 Å². The second kappa shape index (κ2) is 9.57. The second-order valence-corrected chi connectivity index (χ2v) is 7.34. The Morgan fingerprint density at radius 1 is 1.19 bits per heavy atom. The maximum Gasteiger partial charge on any atom is 0.344 e. The molecular formula is C22H19BrN2O6. The van der Waals surface area contributed by atoms with Gasteiger partial charge in [0, 0.05) is 4.47 Å². The number of ether oxygens (including phenoxy) is 2. The smallest absolute Gasteiger partial charge is 0.344 e. The molecule has 1 heterocycles. The van der Waals surface area contributed by atoms with Gasteiger partial charge in [-0.05, 0) is 68.0 Å². The fraction of sp³-hybridized carbons (Fsp3) is 0.182. The maximum absolute atomic E-state index is 12.9. The number of carboxylic acid groups (broad SMARTS) is 1. The van der Waals surface area contributed by atoms with Crippen molar-refractivity contribution in [1.82, 2.24) is 0 Å². The van der Waals surface area contributed by atoms with Crippen molar-refractivity contribution in [1.29, 1.82) is 0 Å². The van der Waals surface area contributed by atoms with E-state index < -0.39 is 11.9 Å². The van der Waals surface area contributed by atoms with E-state index >= 15 is 0 Å². The Labute approximate surface area is 186 Å². The summed E-state index contributed by atoms with van der Waals surface area (Å²) < 4.78 is 11.0. The number of hydrogen-bond acceptors (Lipinski definition) is 6. The Morgan fingerprint density at radius 3 is 2.55 bits per heavy atom. The number of anilines is 1. The fourth-order valence-corrected chi connectivity index (χ4v) is 3.19. The summed E-state index contributed by atoms with van der Waals surface area (Å²) in [6.45, 7) is 3.49. The van der Waals surface area contributed by atoms with Crippen molar-refractivity contribution in [3.63, 3.8) is 0 Å². The Hall–Kier alpha value is -3.46. The van der Waals surface area contributed by atoms with Gasteiger partial charge in [0.2, 0.25) is 0 Å². The minimum Gasteiger partial charge on any atom is -0.482 e. The number of benzene rings is 2. The highest BCUT2D eigenvalue weighted by Crippen LogP contribution is 2.29. The van der Waals surface area contributed by atoms with Gasteiger partial charge in [-0.15, -0.1) is 0 Å². The lowest BCUT2D eigenvalue weighted by Crippen LogP contribution is -2.21. The van der Waals surface area contributed by atoms with Crippen molar-refractivity contribution in [3.05, 3.63) is 63.6 Å². The van der Waals surface area contributed by atoms with Crippen LogP contribution in [0.1, 0.15) is 29.8 Å². The van der Waals surface area contributed by atoms with Crippen LogP contribution in [0, 0.1) is 0 Å². The number of aromatic carboxylic acids is 1. The van der Waals surface area contributed by atoms with Gasteiger partial charge in [-0.2, -0.15) is 10.1 Å². The van der Waals surface area contributed by atoms with Crippen LogP contribution in [-0.2, 0) is 14.3 Å².